The van der Waals surface area contributed by atoms with Gasteiger partial charge in [0.2, 0.25) is 0 Å². The van der Waals surface area contributed by atoms with Crippen molar-refractivity contribution in [1.82, 2.24) is 20.4 Å². The topological polar surface area (TPSA) is 108 Å². The van der Waals surface area contributed by atoms with E-state index in [1.54, 1.807) is 6.07 Å². The third-order valence-corrected chi connectivity index (χ3v) is 5.74. The molecule has 142 valence electrons. The van der Waals surface area contributed by atoms with Crippen LogP contribution in [0.15, 0.2) is 34.9 Å². The number of carbonyl (C=O) groups excluding carboxylic acids is 1. The summed E-state index contributed by atoms with van der Waals surface area (Å²) in [7, 11) is 0. The first kappa shape index (κ1) is 17.8. The number of fused-ring (bicyclic) bond motifs is 1. The molecular weight excluding hydrogens is 416 g/mol. The number of carboxylic acid groups (broad SMARTS) is 1. The average Bonchev–Trinajstić information content (AvgIpc) is 3.18. The molecule has 8 nitrogen and oxygen atoms in total. The number of halogens is 1. The lowest BCUT2D eigenvalue weighted by molar-refractivity contribution is -0.0205. The molecule has 1 spiro atoms. The molecule has 3 heterocycles. The summed E-state index contributed by atoms with van der Waals surface area (Å²) in [5.74, 6) is 0.492. The Morgan fingerprint density at radius 1 is 1.33 bits per heavy atom. The van der Waals surface area contributed by atoms with E-state index >= 15 is 0 Å². The molecule has 1 aromatic heterocycles. The van der Waals surface area contributed by atoms with Gasteiger partial charge in [-0.2, -0.15) is 5.10 Å². The number of hydrogen-bond acceptors (Lipinski definition) is 4. The summed E-state index contributed by atoms with van der Waals surface area (Å²) in [6, 6.07) is 7.12. The molecule has 1 saturated heterocycles. The highest BCUT2D eigenvalue weighted by Gasteiger charge is 2.44. The molecule has 2 amide bonds. The van der Waals surface area contributed by atoms with Gasteiger partial charge in [0.15, 0.2) is 0 Å². The minimum atomic E-state index is -0.908. The number of carbonyl (C=O) groups is 2. The number of likely N-dealkylation sites (tertiary alicyclic amines) is 1. The number of piperidine rings is 1. The van der Waals surface area contributed by atoms with Crippen LogP contribution in [0.1, 0.15) is 41.4 Å². The maximum atomic E-state index is 12.6. The summed E-state index contributed by atoms with van der Waals surface area (Å²) >= 11 is 3.48. The molecule has 2 aliphatic heterocycles. The summed E-state index contributed by atoms with van der Waals surface area (Å²) in [5.41, 5.74) is 0.815. The van der Waals surface area contributed by atoms with Gasteiger partial charge in [0.05, 0.1) is 6.04 Å². The van der Waals surface area contributed by atoms with Crippen molar-refractivity contribution < 1.29 is 19.4 Å². The highest BCUT2D eigenvalue weighted by molar-refractivity contribution is 9.10. The fraction of sp³-hybridized carbons (Fsp3) is 0.389. The van der Waals surface area contributed by atoms with Gasteiger partial charge in [0.25, 0.3) is 5.91 Å². The Labute approximate surface area is 164 Å². The van der Waals surface area contributed by atoms with Crippen LogP contribution in [0.3, 0.4) is 0 Å². The van der Waals surface area contributed by atoms with Crippen LogP contribution < -0.4 is 10.1 Å². The minimum Gasteiger partial charge on any atom is -0.487 e. The molecule has 4 rings (SSSR count). The highest BCUT2D eigenvalue weighted by atomic mass is 79.9. The van der Waals surface area contributed by atoms with E-state index in [1.165, 1.54) is 11.1 Å². The minimum absolute atomic E-state index is 0.233. The number of aromatic nitrogens is 2. The van der Waals surface area contributed by atoms with Gasteiger partial charge in [0.1, 0.15) is 17.0 Å². The van der Waals surface area contributed by atoms with Crippen LogP contribution in [0, 0.1) is 0 Å². The molecule has 1 fully saturated rings. The van der Waals surface area contributed by atoms with Crippen molar-refractivity contribution in [1.29, 1.82) is 0 Å². The van der Waals surface area contributed by atoms with Crippen LogP contribution in [-0.4, -0.2) is 50.9 Å². The molecule has 1 atom stereocenters. The zero-order chi connectivity index (χ0) is 19.0. The molecule has 1 aromatic carbocycles. The van der Waals surface area contributed by atoms with Gasteiger partial charge >= 0.3 is 6.09 Å². The van der Waals surface area contributed by atoms with Gasteiger partial charge in [-0.15, -0.1) is 0 Å². The third kappa shape index (κ3) is 3.51. The summed E-state index contributed by atoms with van der Waals surface area (Å²) in [6.45, 7) is 0.838. The first-order valence-corrected chi connectivity index (χ1v) is 9.52. The van der Waals surface area contributed by atoms with Crippen molar-refractivity contribution >= 4 is 27.9 Å². The lowest BCUT2D eigenvalue weighted by atomic mass is 9.80. The molecular formula is C18H19BrN4O4. The maximum absolute atomic E-state index is 12.6. The lowest BCUT2D eigenvalue weighted by Gasteiger charge is -2.46. The highest BCUT2D eigenvalue weighted by Crippen LogP contribution is 2.45. The second kappa shape index (κ2) is 6.88. The number of hydrogen-bond donors (Lipinski definition) is 3. The largest absolute Gasteiger partial charge is 0.487 e. The second-order valence-corrected chi connectivity index (χ2v) is 7.85. The van der Waals surface area contributed by atoms with Crippen molar-refractivity contribution in [2.75, 3.05) is 13.1 Å². The van der Waals surface area contributed by atoms with E-state index in [0.717, 1.165) is 15.8 Å². The molecule has 3 N–H and O–H groups in total. The van der Waals surface area contributed by atoms with Crippen molar-refractivity contribution in [2.24, 2.45) is 0 Å². The number of rotatable bonds is 2. The summed E-state index contributed by atoms with van der Waals surface area (Å²) < 4.78 is 7.24. The number of nitrogens with one attached hydrogen (secondary N) is 2. The number of amides is 2. The number of nitrogens with zero attached hydrogens (tertiary/aromatic N) is 2. The maximum Gasteiger partial charge on any atom is 0.407 e. The van der Waals surface area contributed by atoms with E-state index in [-0.39, 0.29) is 11.9 Å². The predicted molar refractivity (Wildman–Crippen MR) is 99.7 cm³/mol. The first-order chi connectivity index (χ1) is 13.0. The molecule has 9 heteroatoms. The molecule has 0 radical (unpaired) electrons. The number of benzene rings is 1. The van der Waals surface area contributed by atoms with Crippen LogP contribution >= 0.6 is 15.9 Å². The Hall–Kier alpha value is -2.55. The van der Waals surface area contributed by atoms with Gasteiger partial charge < -0.3 is 20.1 Å². The molecule has 27 heavy (non-hydrogen) atoms. The molecule has 0 aliphatic carbocycles. The Bertz CT molecular complexity index is 862. The molecule has 0 bridgehead atoms. The summed E-state index contributed by atoms with van der Waals surface area (Å²) in [5, 5.41) is 18.8. The Kier molecular flexibility index (Phi) is 4.55. The SMILES string of the molecule is O=C(NC1CC2(CCN(C(=O)O)CC2)Oc2ccc(Br)cc21)c1ccn[nH]1. The van der Waals surface area contributed by atoms with Crippen LogP contribution in [0.5, 0.6) is 5.75 Å². The van der Waals surface area contributed by atoms with Gasteiger partial charge in [-0.25, -0.2) is 4.79 Å². The van der Waals surface area contributed by atoms with Crippen molar-refractivity contribution in [3.8, 4) is 5.75 Å². The monoisotopic (exact) mass is 434 g/mol. The fourth-order valence-corrected chi connectivity index (χ4v) is 4.18. The van der Waals surface area contributed by atoms with Gasteiger partial charge in [-0.3, -0.25) is 9.89 Å². The van der Waals surface area contributed by atoms with Crippen LogP contribution in [0.25, 0.3) is 0 Å². The van der Waals surface area contributed by atoms with E-state index < -0.39 is 11.7 Å². The Balaban J connectivity index is 1.60. The van der Waals surface area contributed by atoms with Crippen LogP contribution in [0.4, 0.5) is 4.79 Å². The molecule has 1 unspecified atom stereocenters. The van der Waals surface area contributed by atoms with E-state index in [0.29, 0.717) is 38.0 Å². The van der Waals surface area contributed by atoms with Crippen LogP contribution in [0.2, 0.25) is 0 Å². The molecule has 2 aliphatic rings. The zero-order valence-electron chi connectivity index (χ0n) is 14.4. The fourth-order valence-electron chi connectivity index (χ4n) is 3.80. The average molecular weight is 435 g/mol. The zero-order valence-corrected chi connectivity index (χ0v) is 16.0. The quantitative estimate of drug-likeness (QED) is 0.673. The smallest absolute Gasteiger partial charge is 0.407 e. The number of aromatic amines is 1. The van der Waals surface area contributed by atoms with Gasteiger partial charge in [-0.1, -0.05) is 15.9 Å². The van der Waals surface area contributed by atoms with Gasteiger partial charge in [-0.05, 0) is 24.3 Å². The van der Waals surface area contributed by atoms with Crippen LogP contribution in [-0.2, 0) is 0 Å². The third-order valence-electron chi connectivity index (χ3n) is 5.25. The van der Waals surface area contributed by atoms with Crippen molar-refractivity contribution in [3.63, 3.8) is 0 Å². The first-order valence-electron chi connectivity index (χ1n) is 8.72. The summed E-state index contributed by atoms with van der Waals surface area (Å²) in [6.07, 6.45) is 2.39. The normalized spacial score (nSPS) is 20.6. The van der Waals surface area contributed by atoms with Crippen molar-refractivity contribution in [3.05, 3.63) is 46.2 Å². The second-order valence-electron chi connectivity index (χ2n) is 6.94. The van der Waals surface area contributed by atoms with E-state index in [1.807, 2.05) is 18.2 Å². The molecule has 0 saturated carbocycles. The Morgan fingerprint density at radius 3 is 2.78 bits per heavy atom. The van der Waals surface area contributed by atoms with E-state index in [2.05, 4.69) is 31.4 Å². The standard InChI is InChI=1S/C18H19BrN4O4/c19-11-1-2-15-12(9-11)14(21-16(24)13-3-6-20-22-13)10-18(27-15)4-7-23(8-5-18)17(25)26/h1-3,6,9,14H,4-5,7-8,10H2,(H,20,22)(H,21,24)(H,25,26). The lowest BCUT2D eigenvalue weighted by Crippen LogP contribution is -2.53. The number of H-pyrrole nitrogens is 1. The van der Waals surface area contributed by atoms with Crippen molar-refractivity contribution in [2.45, 2.75) is 30.9 Å². The van der Waals surface area contributed by atoms with Gasteiger partial charge in [0, 0.05) is 48.6 Å². The van der Waals surface area contributed by atoms with E-state index in [4.69, 9.17) is 4.74 Å². The number of ether oxygens (including phenoxy) is 1. The Morgan fingerprint density at radius 2 is 2.11 bits per heavy atom. The van der Waals surface area contributed by atoms with E-state index in [9.17, 15) is 14.7 Å². The summed E-state index contributed by atoms with van der Waals surface area (Å²) in [4.78, 5) is 25.2. The molecule has 2 aromatic rings. The predicted octanol–water partition coefficient (Wildman–Crippen LogP) is 2.94.